The molecule has 0 radical (unpaired) electrons. The number of Topliss-reactive ketones (excluding diaryl/α,β-unsaturated/α-hetero) is 1. The Morgan fingerprint density at radius 1 is 1.08 bits per heavy atom. The van der Waals surface area contributed by atoms with E-state index in [2.05, 4.69) is 0 Å². The molecule has 0 saturated heterocycles. The normalized spacial score (nSPS) is 11.2. The molecule has 4 nitrogen and oxygen atoms in total. The zero-order valence-corrected chi connectivity index (χ0v) is 13.3. The number of carbonyl (C=O) groups is 2. The van der Waals surface area contributed by atoms with Gasteiger partial charge in [-0.05, 0) is 30.2 Å². The first kappa shape index (κ1) is 18.5. The van der Waals surface area contributed by atoms with Crippen LogP contribution in [-0.2, 0) is 24.0 Å². The second kappa shape index (κ2) is 7.38. The number of rotatable bonds is 6. The zero-order chi connectivity index (χ0) is 18.6. The minimum atomic E-state index is -4.86. The lowest BCUT2D eigenvalue weighted by molar-refractivity contribution is -0.140. The van der Waals surface area contributed by atoms with E-state index in [1.54, 1.807) is 30.3 Å². The van der Waals surface area contributed by atoms with Crippen molar-refractivity contribution in [2.24, 2.45) is 0 Å². The summed E-state index contributed by atoms with van der Waals surface area (Å²) in [6, 6.07) is 10.8. The highest BCUT2D eigenvalue weighted by Gasteiger charge is 2.39. The number of carboxylic acid groups (broad SMARTS) is 1. The quantitative estimate of drug-likeness (QED) is 0.795. The monoisotopic (exact) mass is 352 g/mol. The van der Waals surface area contributed by atoms with E-state index in [1.807, 2.05) is 0 Å². The molecular formula is C18H15F3O4. The van der Waals surface area contributed by atoms with Crippen LogP contribution in [-0.4, -0.2) is 16.9 Å². The van der Waals surface area contributed by atoms with Gasteiger partial charge < -0.3 is 9.84 Å². The van der Waals surface area contributed by atoms with Gasteiger partial charge in [-0.25, -0.2) is 0 Å². The number of halogens is 3. The molecule has 2 aromatic carbocycles. The van der Waals surface area contributed by atoms with E-state index in [9.17, 15) is 22.8 Å². The SMILES string of the molecule is CC(=O)c1ccc(OCc2ccccc2)c(C(F)(F)F)c1CC(=O)O. The number of carboxylic acids is 1. The van der Waals surface area contributed by atoms with Crippen molar-refractivity contribution in [3.05, 3.63) is 64.7 Å². The van der Waals surface area contributed by atoms with Crippen LogP contribution in [0.1, 0.15) is 34.0 Å². The highest BCUT2D eigenvalue weighted by Crippen LogP contribution is 2.41. The van der Waals surface area contributed by atoms with Gasteiger partial charge in [0.2, 0.25) is 0 Å². The van der Waals surface area contributed by atoms with E-state index in [0.717, 1.165) is 19.1 Å². The molecule has 0 aliphatic carbocycles. The van der Waals surface area contributed by atoms with Gasteiger partial charge in [0.05, 0.1) is 6.42 Å². The summed E-state index contributed by atoms with van der Waals surface area (Å²) in [5.41, 5.74) is -1.43. The topological polar surface area (TPSA) is 63.6 Å². The van der Waals surface area contributed by atoms with Crippen LogP contribution >= 0.6 is 0 Å². The van der Waals surface area contributed by atoms with Crippen molar-refractivity contribution in [3.8, 4) is 5.75 Å². The molecule has 25 heavy (non-hydrogen) atoms. The lowest BCUT2D eigenvalue weighted by Crippen LogP contribution is -2.18. The number of aliphatic carboxylic acids is 1. The largest absolute Gasteiger partial charge is 0.488 e. The van der Waals surface area contributed by atoms with Gasteiger partial charge in [-0.3, -0.25) is 9.59 Å². The first-order chi connectivity index (χ1) is 11.7. The summed E-state index contributed by atoms with van der Waals surface area (Å²) in [7, 11) is 0. The highest BCUT2D eigenvalue weighted by molar-refractivity contribution is 5.97. The van der Waals surface area contributed by atoms with Gasteiger partial charge in [0.25, 0.3) is 0 Å². The van der Waals surface area contributed by atoms with Crippen LogP contribution in [0.5, 0.6) is 5.75 Å². The molecule has 0 heterocycles. The summed E-state index contributed by atoms with van der Waals surface area (Å²) in [6.45, 7) is 0.973. The standard InChI is InChI=1S/C18H15F3O4/c1-11(22)13-7-8-15(25-10-12-5-3-2-4-6-12)17(18(19,20)21)14(13)9-16(23)24/h2-8H,9-10H2,1H3,(H,23,24). The Hall–Kier alpha value is -2.83. The molecule has 2 aromatic rings. The van der Waals surface area contributed by atoms with Gasteiger partial charge in [0, 0.05) is 5.56 Å². The molecule has 0 fully saturated rings. The highest BCUT2D eigenvalue weighted by atomic mass is 19.4. The van der Waals surface area contributed by atoms with Crippen molar-refractivity contribution < 1.29 is 32.6 Å². The lowest BCUT2D eigenvalue weighted by atomic mass is 9.94. The predicted octanol–water partition coefficient (Wildman–Crippen LogP) is 4.11. The fourth-order valence-electron chi connectivity index (χ4n) is 2.46. The van der Waals surface area contributed by atoms with Crippen molar-refractivity contribution in [3.63, 3.8) is 0 Å². The minimum Gasteiger partial charge on any atom is -0.488 e. The number of hydrogen-bond acceptors (Lipinski definition) is 3. The Labute approximate surface area is 141 Å². The molecule has 0 unspecified atom stereocenters. The summed E-state index contributed by atoms with van der Waals surface area (Å²) < 4.78 is 45.9. The fourth-order valence-corrected chi connectivity index (χ4v) is 2.46. The smallest absolute Gasteiger partial charge is 0.420 e. The molecule has 0 amide bonds. The van der Waals surface area contributed by atoms with Crippen molar-refractivity contribution in [2.75, 3.05) is 0 Å². The third kappa shape index (κ3) is 4.59. The van der Waals surface area contributed by atoms with Gasteiger partial charge in [0.15, 0.2) is 5.78 Å². The molecule has 1 N–H and O–H groups in total. The molecule has 0 atom stereocenters. The molecule has 0 aliphatic rings. The van der Waals surface area contributed by atoms with Crippen LogP contribution in [0.15, 0.2) is 42.5 Å². The third-order valence-electron chi connectivity index (χ3n) is 3.50. The predicted molar refractivity (Wildman–Crippen MR) is 83.6 cm³/mol. The maximum Gasteiger partial charge on any atom is 0.420 e. The van der Waals surface area contributed by atoms with Gasteiger partial charge in [0.1, 0.15) is 17.9 Å². The van der Waals surface area contributed by atoms with Crippen molar-refractivity contribution in [1.29, 1.82) is 0 Å². The maximum absolute atomic E-state index is 13.5. The Kier molecular flexibility index (Phi) is 5.46. The lowest BCUT2D eigenvalue weighted by Gasteiger charge is -2.19. The average Bonchev–Trinajstić information content (AvgIpc) is 2.51. The number of ketones is 1. The van der Waals surface area contributed by atoms with Gasteiger partial charge >= 0.3 is 12.1 Å². The fraction of sp³-hybridized carbons (Fsp3) is 0.222. The van der Waals surface area contributed by atoms with E-state index in [4.69, 9.17) is 9.84 Å². The van der Waals surface area contributed by atoms with Crippen LogP contribution in [0, 0.1) is 0 Å². The first-order valence-electron chi connectivity index (χ1n) is 7.32. The number of benzene rings is 2. The van der Waals surface area contributed by atoms with E-state index in [1.165, 1.54) is 0 Å². The molecule has 0 aromatic heterocycles. The Bertz CT molecular complexity index is 783. The van der Waals surface area contributed by atoms with E-state index in [-0.39, 0.29) is 12.2 Å². The second-order valence-electron chi connectivity index (χ2n) is 5.36. The molecule has 7 heteroatoms. The van der Waals surface area contributed by atoms with Crippen molar-refractivity contribution in [1.82, 2.24) is 0 Å². The van der Waals surface area contributed by atoms with Gasteiger partial charge in [-0.1, -0.05) is 30.3 Å². The Morgan fingerprint density at radius 2 is 1.72 bits per heavy atom. The van der Waals surface area contributed by atoms with Crippen molar-refractivity contribution in [2.45, 2.75) is 26.1 Å². The number of alkyl halides is 3. The van der Waals surface area contributed by atoms with E-state index < -0.39 is 41.2 Å². The average molecular weight is 352 g/mol. The summed E-state index contributed by atoms with van der Waals surface area (Å²) in [5.74, 6) is -2.61. The molecule has 0 spiro atoms. The Balaban J connectivity index is 2.51. The summed E-state index contributed by atoms with van der Waals surface area (Å²) in [5, 5.41) is 8.94. The van der Waals surface area contributed by atoms with Crippen molar-refractivity contribution >= 4 is 11.8 Å². The van der Waals surface area contributed by atoms with Crippen LogP contribution in [0.3, 0.4) is 0 Å². The molecule has 0 saturated carbocycles. The molecule has 132 valence electrons. The van der Waals surface area contributed by atoms with E-state index in [0.29, 0.717) is 5.56 Å². The minimum absolute atomic E-state index is 0.115. The number of ether oxygens (including phenoxy) is 1. The van der Waals surface area contributed by atoms with Crippen LogP contribution in [0.4, 0.5) is 13.2 Å². The number of hydrogen-bond donors (Lipinski definition) is 1. The molecular weight excluding hydrogens is 337 g/mol. The molecule has 0 bridgehead atoms. The third-order valence-corrected chi connectivity index (χ3v) is 3.50. The van der Waals surface area contributed by atoms with Crippen LogP contribution < -0.4 is 4.74 Å². The molecule has 2 rings (SSSR count). The second-order valence-corrected chi connectivity index (χ2v) is 5.36. The molecule has 0 aliphatic heterocycles. The number of carbonyl (C=O) groups excluding carboxylic acids is 1. The zero-order valence-electron chi connectivity index (χ0n) is 13.3. The van der Waals surface area contributed by atoms with Gasteiger partial charge in [-0.15, -0.1) is 0 Å². The summed E-state index contributed by atoms with van der Waals surface area (Å²) >= 11 is 0. The Morgan fingerprint density at radius 3 is 2.24 bits per heavy atom. The summed E-state index contributed by atoms with van der Waals surface area (Å²) in [4.78, 5) is 22.6. The first-order valence-corrected chi connectivity index (χ1v) is 7.32. The maximum atomic E-state index is 13.5. The van der Waals surface area contributed by atoms with Crippen LogP contribution in [0.2, 0.25) is 0 Å². The van der Waals surface area contributed by atoms with Crippen LogP contribution in [0.25, 0.3) is 0 Å². The summed E-state index contributed by atoms with van der Waals surface area (Å²) in [6.07, 6.45) is -5.78. The van der Waals surface area contributed by atoms with Gasteiger partial charge in [-0.2, -0.15) is 13.2 Å². The van der Waals surface area contributed by atoms with E-state index >= 15 is 0 Å².